The Hall–Kier alpha value is -3.44. The fourth-order valence-electron chi connectivity index (χ4n) is 4.28. The van der Waals surface area contributed by atoms with E-state index in [1.807, 2.05) is 36.4 Å². The van der Waals surface area contributed by atoms with E-state index in [0.717, 1.165) is 30.8 Å². The number of nitrogens with one attached hydrogen (secondary N) is 2. The van der Waals surface area contributed by atoms with Crippen LogP contribution in [-0.2, 0) is 12.8 Å². The van der Waals surface area contributed by atoms with Crippen molar-refractivity contribution >= 4 is 23.2 Å². The zero-order valence-electron chi connectivity index (χ0n) is 18.6. The maximum absolute atomic E-state index is 12.7. The number of carbonyl (C=O) groups excluding carboxylic acids is 2. The maximum Gasteiger partial charge on any atom is 0.255 e. The third-order valence-corrected chi connectivity index (χ3v) is 5.86. The monoisotopic (exact) mass is 427 g/mol. The summed E-state index contributed by atoms with van der Waals surface area (Å²) in [5.74, 6) is 0.308. The van der Waals surface area contributed by atoms with Gasteiger partial charge in [-0.1, -0.05) is 24.3 Å². The van der Waals surface area contributed by atoms with E-state index in [9.17, 15) is 9.59 Å². The average Bonchev–Trinajstić information content (AvgIpc) is 2.79. The van der Waals surface area contributed by atoms with Crippen molar-refractivity contribution in [2.75, 3.05) is 31.3 Å². The molecule has 2 N–H and O–H groups in total. The molecule has 3 aromatic carbocycles. The first-order valence-corrected chi connectivity index (χ1v) is 11.0. The molecule has 0 aromatic heterocycles. The van der Waals surface area contributed by atoms with Gasteiger partial charge in [-0.15, -0.1) is 0 Å². The van der Waals surface area contributed by atoms with Crippen molar-refractivity contribution in [1.82, 2.24) is 4.90 Å². The number of hydrogen-bond donors (Lipinski definition) is 2. The molecule has 0 heterocycles. The molecule has 0 bridgehead atoms. The standard InChI is InChI=1S/C27H29N3O2/c1-30(2)18-19-8-9-23-17-25(15-14-22(23)16-19)29-27(32)21-12-10-20(11-13-21)26(31)28-24-6-4-3-5-7-24/h3-7,10-15,17,19H,8-9,16,18H2,1-2H3,(H,28,31)(H,29,32). The normalized spacial score (nSPS) is 15.2. The summed E-state index contributed by atoms with van der Waals surface area (Å²) in [5, 5.41) is 5.84. The van der Waals surface area contributed by atoms with Crippen molar-refractivity contribution in [2.45, 2.75) is 19.3 Å². The SMILES string of the molecule is CN(C)CC1CCc2cc(NC(=O)c3ccc(C(=O)Nc4ccccc4)cc3)ccc2C1. The molecule has 32 heavy (non-hydrogen) atoms. The summed E-state index contributed by atoms with van der Waals surface area (Å²) in [6.07, 6.45) is 3.31. The van der Waals surface area contributed by atoms with Gasteiger partial charge < -0.3 is 15.5 Å². The molecule has 0 radical (unpaired) electrons. The van der Waals surface area contributed by atoms with E-state index in [1.54, 1.807) is 24.3 Å². The summed E-state index contributed by atoms with van der Waals surface area (Å²) in [4.78, 5) is 27.4. The highest BCUT2D eigenvalue weighted by Gasteiger charge is 2.20. The predicted molar refractivity (Wildman–Crippen MR) is 129 cm³/mol. The predicted octanol–water partition coefficient (Wildman–Crippen LogP) is 4.86. The summed E-state index contributed by atoms with van der Waals surface area (Å²) in [6.45, 7) is 1.11. The minimum atomic E-state index is -0.203. The van der Waals surface area contributed by atoms with Gasteiger partial charge in [0.1, 0.15) is 0 Å². The van der Waals surface area contributed by atoms with E-state index < -0.39 is 0 Å². The number of aryl methyl sites for hydroxylation is 1. The highest BCUT2D eigenvalue weighted by Crippen LogP contribution is 2.28. The number of amides is 2. The zero-order chi connectivity index (χ0) is 22.5. The Balaban J connectivity index is 1.37. The minimum Gasteiger partial charge on any atom is -0.322 e. The van der Waals surface area contributed by atoms with Gasteiger partial charge in [0.05, 0.1) is 0 Å². The molecule has 0 saturated carbocycles. The molecule has 4 rings (SSSR count). The van der Waals surface area contributed by atoms with Crippen LogP contribution in [0.1, 0.15) is 38.3 Å². The summed E-state index contributed by atoms with van der Waals surface area (Å²) < 4.78 is 0. The van der Waals surface area contributed by atoms with Gasteiger partial charge >= 0.3 is 0 Å². The molecule has 0 fully saturated rings. The fraction of sp³-hybridized carbons (Fsp3) is 0.259. The summed E-state index contributed by atoms with van der Waals surface area (Å²) >= 11 is 0. The number of fused-ring (bicyclic) bond motifs is 1. The van der Waals surface area contributed by atoms with E-state index in [4.69, 9.17) is 0 Å². The molecule has 1 aliphatic carbocycles. The third-order valence-electron chi connectivity index (χ3n) is 5.86. The first-order valence-electron chi connectivity index (χ1n) is 11.0. The molecule has 0 spiro atoms. The lowest BCUT2D eigenvalue weighted by Gasteiger charge is -2.27. The lowest BCUT2D eigenvalue weighted by Crippen LogP contribution is -2.26. The van der Waals surface area contributed by atoms with Gasteiger partial charge in [-0.25, -0.2) is 0 Å². The molecule has 2 amide bonds. The summed E-state index contributed by atoms with van der Waals surface area (Å²) in [6, 6.07) is 22.2. The average molecular weight is 428 g/mol. The number of carbonyl (C=O) groups is 2. The Morgan fingerprint density at radius 2 is 1.44 bits per heavy atom. The topological polar surface area (TPSA) is 61.4 Å². The van der Waals surface area contributed by atoms with Crippen LogP contribution in [0, 0.1) is 5.92 Å². The van der Waals surface area contributed by atoms with Crippen LogP contribution in [0.4, 0.5) is 11.4 Å². The van der Waals surface area contributed by atoms with Crippen LogP contribution in [0.15, 0.2) is 72.8 Å². The van der Waals surface area contributed by atoms with Crippen molar-refractivity contribution in [3.8, 4) is 0 Å². The van der Waals surface area contributed by atoms with Gasteiger partial charge in [-0.2, -0.15) is 0 Å². The van der Waals surface area contributed by atoms with Gasteiger partial charge in [0.2, 0.25) is 0 Å². The van der Waals surface area contributed by atoms with E-state index in [2.05, 4.69) is 41.8 Å². The number of hydrogen-bond acceptors (Lipinski definition) is 3. The van der Waals surface area contributed by atoms with Crippen LogP contribution in [0.2, 0.25) is 0 Å². The fourth-order valence-corrected chi connectivity index (χ4v) is 4.28. The quantitative estimate of drug-likeness (QED) is 0.591. The van der Waals surface area contributed by atoms with Crippen LogP contribution in [0.25, 0.3) is 0 Å². The molecule has 3 aromatic rings. The third kappa shape index (κ3) is 5.42. The van der Waals surface area contributed by atoms with Crippen LogP contribution in [-0.4, -0.2) is 37.4 Å². The van der Waals surface area contributed by atoms with Gasteiger partial charge in [0, 0.05) is 29.0 Å². The van der Waals surface area contributed by atoms with E-state index in [-0.39, 0.29) is 11.8 Å². The molecular weight excluding hydrogens is 398 g/mol. The van der Waals surface area contributed by atoms with Gasteiger partial charge in [-0.05, 0) is 98.9 Å². The van der Waals surface area contributed by atoms with Crippen LogP contribution in [0.5, 0.6) is 0 Å². The molecule has 0 saturated heterocycles. The number of anilines is 2. The van der Waals surface area contributed by atoms with Crippen molar-refractivity contribution in [1.29, 1.82) is 0 Å². The number of rotatable bonds is 6. The molecule has 1 aliphatic rings. The summed E-state index contributed by atoms with van der Waals surface area (Å²) in [7, 11) is 4.24. The molecule has 1 unspecified atom stereocenters. The van der Waals surface area contributed by atoms with E-state index in [0.29, 0.717) is 17.0 Å². The lowest BCUT2D eigenvalue weighted by atomic mass is 9.83. The number of benzene rings is 3. The Kier molecular flexibility index (Phi) is 6.66. The van der Waals surface area contributed by atoms with Crippen molar-refractivity contribution in [3.05, 3.63) is 95.1 Å². The van der Waals surface area contributed by atoms with Crippen LogP contribution in [0.3, 0.4) is 0 Å². The number of nitrogens with zero attached hydrogens (tertiary/aromatic N) is 1. The second-order valence-electron chi connectivity index (χ2n) is 8.71. The second-order valence-corrected chi connectivity index (χ2v) is 8.71. The molecule has 0 aliphatic heterocycles. The van der Waals surface area contributed by atoms with Crippen molar-refractivity contribution < 1.29 is 9.59 Å². The molecule has 1 atom stereocenters. The van der Waals surface area contributed by atoms with Crippen LogP contribution < -0.4 is 10.6 Å². The lowest BCUT2D eigenvalue weighted by molar-refractivity contribution is 0.101. The highest BCUT2D eigenvalue weighted by atomic mass is 16.2. The van der Waals surface area contributed by atoms with Crippen molar-refractivity contribution in [3.63, 3.8) is 0 Å². The van der Waals surface area contributed by atoms with Crippen LogP contribution >= 0.6 is 0 Å². The smallest absolute Gasteiger partial charge is 0.255 e. The van der Waals surface area contributed by atoms with E-state index in [1.165, 1.54) is 17.5 Å². The molecule has 164 valence electrons. The summed E-state index contributed by atoms with van der Waals surface area (Å²) in [5.41, 5.74) is 5.28. The molecule has 5 heteroatoms. The second kappa shape index (κ2) is 9.79. The minimum absolute atomic E-state index is 0.179. The van der Waals surface area contributed by atoms with Crippen molar-refractivity contribution in [2.24, 2.45) is 5.92 Å². The largest absolute Gasteiger partial charge is 0.322 e. The zero-order valence-corrected chi connectivity index (χ0v) is 18.6. The number of para-hydroxylation sites is 1. The van der Waals surface area contributed by atoms with Gasteiger partial charge in [-0.3, -0.25) is 9.59 Å². The maximum atomic E-state index is 12.7. The molecular formula is C27H29N3O2. The first-order chi connectivity index (χ1) is 15.5. The first kappa shape index (κ1) is 21.8. The van der Waals surface area contributed by atoms with Gasteiger partial charge in [0.25, 0.3) is 11.8 Å². The van der Waals surface area contributed by atoms with Gasteiger partial charge in [0.15, 0.2) is 0 Å². The molecule has 5 nitrogen and oxygen atoms in total. The Bertz CT molecular complexity index is 1090. The Morgan fingerprint density at radius 3 is 2.06 bits per heavy atom. The highest BCUT2D eigenvalue weighted by molar-refractivity contribution is 6.07. The Labute approximate surface area is 189 Å². The van der Waals surface area contributed by atoms with E-state index >= 15 is 0 Å². The Morgan fingerprint density at radius 1 is 0.812 bits per heavy atom.